The third-order valence-corrected chi connectivity index (χ3v) is 6.10. The van der Waals surface area contributed by atoms with E-state index in [9.17, 15) is 9.59 Å². The van der Waals surface area contributed by atoms with Gasteiger partial charge in [-0.3, -0.25) is 14.2 Å². The summed E-state index contributed by atoms with van der Waals surface area (Å²) < 4.78 is 7.09. The number of amides is 2. The van der Waals surface area contributed by atoms with Gasteiger partial charge < -0.3 is 15.4 Å². The summed E-state index contributed by atoms with van der Waals surface area (Å²) in [7, 11) is 1.52. The summed E-state index contributed by atoms with van der Waals surface area (Å²) in [6, 6.07) is 16.5. The van der Waals surface area contributed by atoms with Gasteiger partial charge in [-0.25, -0.2) is 4.98 Å². The van der Waals surface area contributed by atoms with Gasteiger partial charge in [0.25, 0.3) is 5.91 Å². The van der Waals surface area contributed by atoms with Crippen LogP contribution in [0, 0.1) is 0 Å². The van der Waals surface area contributed by atoms with E-state index in [4.69, 9.17) is 4.74 Å². The molecule has 0 unspecified atom stereocenters. The van der Waals surface area contributed by atoms with E-state index in [1.165, 1.54) is 30.2 Å². The Morgan fingerprint density at radius 2 is 1.88 bits per heavy atom. The molecule has 2 heterocycles. The molecule has 0 aliphatic carbocycles. The zero-order valence-electron chi connectivity index (χ0n) is 17.6. The number of rotatable bonds is 9. The zero-order chi connectivity index (χ0) is 23.0. The number of carbonyl (C=O) groups is 2. The van der Waals surface area contributed by atoms with Crippen molar-refractivity contribution in [3.05, 3.63) is 77.6 Å². The van der Waals surface area contributed by atoms with Gasteiger partial charge >= 0.3 is 0 Å². The zero-order valence-corrected chi connectivity index (χ0v) is 19.2. The maximum Gasteiger partial charge on any atom is 0.255 e. The molecule has 33 heavy (non-hydrogen) atoms. The predicted octanol–water partition coefficient (Wildman–Crippen LogP) is 3.39. The summed E-state index contributed by atoms with van der Waals surface area (Å²) in [5, 5.41) is 17.0. The van der Waals surface area contributed by atoms with Crippen molar-refractivity contribution in [2.45, 2.75) is 11.7 Å². The van der Waals surface area contributed by atoms with Crippen LogP contribution in [0.4, 0.5) is 5.13 Å². The van der Waals surface area contributed by atoms with E-state index in [0.29, 0.717) is 27.4 Å². The Hall–Kier alpha value is -3.70. The Kier molecular flexibility index (Phi) is 7.33. The summed E-state index contributed by atoms with van der Waals surface area (Å²) in [4.78, 5) is 29.0. The topological polar surface area (TPSA) is 111 Å². The number of para-hydroxylation sites is 2. The van der Waals surface area contributed by atoms with Crippen LogP contribution in [-0.2, 0) is 11.3 Å². The summed E-state index contributed by atoms with van der Waals surface area (Å²) >= 11 is 2.60. The fraction of sp³-hybridized carbons (Fsp3) is 0.136. The summed E-state index contributed by atoms with van der Waals surface area (Å²) in [6.45, 7) is 0.143. The quantitative estimate of drug-likeness (QED) is 0.353. The fourth-order valence-corrected chi connectivity index (χ4v) is 4.32. The second-order valence-electron chi connectivity index (χ2n) is 6.63. The minimum absolute atomic E-state index is 0.137. The Morgan fingerprint density at radius 1 is 1.09 bits per heavy atom. The van der Waals surface area contributed by atoms with Crippen molar-refractivity contribution in [1.29, 1.82) is 0 Å². The van der Waals surface area contributed by atoms with Gasteiger partial charge in [0.05, 0.1) is 25.0 Å². The first-order chi connectivity index (χ1) is 16.2. The number of benzene rings is 2. The average Bonchev–Trinajstić information content (AvgIpc) is 3.51. The highest BCUT2D eigenvalue weighted by molar-refractivity contribution is 7.99. The lowest BCUT2D eigenvalue weighted by atomic mass is 10.2. The number of aromatic nitrogens is 4. The van der Waals surface area contributed by atoms with Gasteiger partial charge in [-0.05, 0) is 24.3 Å². The van der Waals surface area contributed by atoms with E-state index in [0.717, 1.165) is 5.69 Å². The number of anilines is 1. The second-order valence-corrected chi connectivity index (χ2v) is 8.46. The molecular formula is C22H20N6O3S2. The molecule has 11 heteroatoms. The molecule has 0 aliphatic rings. The maximum absolute atomic E-state index is 12.7. The molecule has 4 rings (SSSR count). The van der Waals surface area contributed by atoms with Crippen LogP contribution < -0.4 is 15.4 Å². The third-order valence-electron chi connectivity index (χ3n) is 4.48. The van der Waals surface area contributed by atoms with Crippen molar-refractivity contribution in [1.82, 2.24) is 25.1 Å². The standard InChI is InChI=1S/C22H20N6O3S2/c1-31-17-10-6-5-9-16(17)20(30)24-13-18-26-27-22(28(18)15-7-3-2-4-8-15)33-14-19(29)25-21-23-11-12-32-21/h2-12H,13-14H2,1H3,(H,24,30)(H,23,25,29). The molecule has 0 atom stereocenters. The number of hydrogen-bond acceptors (Lipinski definition) is 8. The van der Waals surface area contributed by atoms with Gasteiger partial charge in [0.2, 0.25) is 5.91 Å². The number of nitrogens with zero attached hydrogens (tertiary/aromatic N) is 4. The lowest BCUT2D eigenvalue weighted by Gasteiger charge is -2.12. The summed E-state index contributed by atoms with van der Waals surface area (Å²) in [5.41, 5.74) is 1.26. The van der Waals surface area contributed by atoms with Gasteiger partial charge in [0.1, 0.15) is 5.75 Å². The number of thiazole rings is 1. The van der Waals surface area contributed by atoms with Crippen LogP contribution in [0.2, 0.25) is 0 Å². The molecule has 0 saturated heterocycles. The molecule has 2 aromatic heterocycles. The van der Waals surface area contributed by atoms with Crippen molar-refractivity contribution in [3.8, 4) is 11.4 Å². The molecule has 168 valence electrons. The van der Waals surface area contributed by atoms with Crippen LogP contribution in [0.1, 0.15) is 16.2 Å². The molecule has 9 nitrogen and oxygen atoms in total. The monoisotopic (exact) mass is 480 g/mol. The summed E-state index contributed by atoms with van der Waals surface area (Å²) in [5.74, 6) is 0.683. The molecule has 0 saturated carbocycles. The number of carbonyl (C=O) groups excluding carboxylic acids is 2. The number of thioether (sulfide) groups is 1. The van der Waals surface area contributed by atoms with Crippen LogP contribution in [0.15, 0.2) is 71.3 Å². The normalized spacial score (nSPS) is 10.6. The molecule has 0 bridgehead atoms. The Balaban J connectivity index is 1.50. The van der Waals surface area contributed by atoms with Crippen LogP contribution in [0.3, 0.4) is 0 Å². The van der Waals surface area contributed by atoms with E-state index < -0.39 is 0 Å². The number of hydrogen-bond donors (Lipinski definition) is 2. The van der Waals surface area contributed by atoms with Crippen molar-refractivity contribution in [2.24, 2.45) is 0 Å². The molecule has 0 aliphatic heterocycles. The highest BCUT2D eigenvalue weighted by atomic mass is 32.2. The lowest BCUT2D eigenvalue weighted by molar-refractivity contribution is -0.113. The van der Waals surface area contributed by atoms with Gasteiger partial charge in [-0.15, -0.1) is 21.5 Å². The Labute approximate surface area is 198 Å². The summed E-state index contributed by atoms with van der Waals surface area (Å²) in [6.07, 6.45) is 1.63. The molecule has 2 aromatic carbocycles. The fourth-order valence-electron chi connectivity index (χ4n) is 3.00. The van der Waals surface area contributed by atoms with E-state index in [1.54, 1.807) is 35.8 Å². The van der Waals surface area contributed by atoms with Crippen LogP contribution >= 0.6 is 23.1 Å². The van der Waals surface area contributed by atoms with Crippen molar-refractivity contribution in [2.75, 3.05) is 18.2 Å². The average molecular weight is 481 g/mol. The van der Waals surface area contributed by atoms with Crippen LogP contribution in [0.5, 0.6) is 5.75 Å². The van der Waals surface area contributed by atoms with Crippen molar-refractivity contribution >= 4 is 40.0 Å². The minimum atomic E-state index is -0.285. The largest absolute Gasteiger partial charge is 0.496 e. The molecule has 4 aromatic rings. The molecule has 0 fully saturated rings. The van der Waals surface area contributed by atoms with Gasteiger partial charge in [-0.1, -0.05) is 42.1 Å². The predicted molar refractivity (Wildman–Crippen MR) is 127 cm³/mol. The smallest absolute Gasteiger partial charge is 0.255 e. The molecule has 0 spiro atoms. The Bertz CT molecular complexity index is 1230. The Morgan fingerprint density at radius 3 is 2.64 bits per heavy atom. The van der Waals surface area contributed by atoms with Crippen LogP contribution in [-0.4, -0.2) is 44.4 Å². The van der Waals surface area contributed by atoms with Gasteiger partial charge in [-0.2, -0.15) is 0 Å². The van der Waals surface area contributed by atoms with Crippen molar-refractivity contribution in [3.63, 3.8) is 0 Å². The van der Waals surface area contributed by atoms with Crippen LogP contribution in [0.25, 0.3) is 5.69 Å². The highest BCUT2D eigenvalue weighted by Crippen LogP contribution is 2.23. The van der Waals surface area contributed by atoms with E-state index in [2.05, 4.69) is 25.8 Å². The van der Waals surface area contributed by atoms with E-state index >= 15 is 0 Å². The third kappa shape index (κ3) is 5.57. The first-order valence-corrected chi connectivity index (χ1v) is 11.8. The van der Waals surface area contributed by atoms with E-state index in [-0.39, 0.29) is 24.1 Å². The van der Waals surface area contributed by atoms with Gasteiger partial charge in [0.15, 0.2) is 16.1 Å². The first kappa shape index (κ1) is 22.5. The van der Waals surface area contributed by atoms with Gasteiger partial charge in [0, 0.05) is 17.3 Å². The van der Waals surface area contributed by atoms with E-state index in [1.807, 2.05) is 34.9 Å². The maximum atomic E-state index is 12.7. The number of ether oxygens (including phenoxy) is 1. The van der Waals surface area contributed by atoms with Crippen molar-refractivity contribution < 1.29 is 14.3 Å². The number of methoxy groups -OCH3 is 1. The SMILES string of the molecule is COc1ccccc1C(=O)NCc1nnc(SCC(=O)Nc2nccs2)n1-c1ccccc1. The molecule has 0 radical (unpaired) electrons. The number of nitrogens with one attached hydrogen (secondary N) is 2. The molecule has 2 N–H and O–H groups in total. The second kappa shape index (κ2) is 10.7. The molecular weight excluding hydrogens is 460 g/mol. The highest BCUT2D eigenvalue weighted by Gasteiger charge is 2.18. The minimum Gasteiger partial charge on any atom is -0.496 e. The lowest BCUT2D eigenvalue weighted by Crippen LogP contribution is -2.25. The first-order valence-electron chi connectivity index (χ1n) is 9.89. The molecule has 2 amide bonds.